The average molecular weight is 348 g/mol. The van der Waals surface area contributed by atoms with E-state index in [1.54, 1.807) is 7.11 Å². The molecule has 0 radical (unpaired) electrons. The summed E-state index contributed by atoms with van der Waals surface area (Å²) in [5, 5.41) is 3.39. The lowest BCUT2D eigenvalue weighted by molar-refractivity contribution is 0.0586. The van der Waals surface area contributed by atoms with Crippen molar-refractivity contribution < 1.29 is 13.9 Å². The maximum Gasteiger partial charge on any atom is 0.127 e. The maximum atomic E-state index is 13.9. The van der Waals surface area contributed by atoms with E-state index in [0.717, 1.165) is 17.4 Å². The van der Waals surface area contributed by atoms with Crippen molar-refractivity contribution in [3.8, 4) is 0 Å². The summed E-state index contributed by atoms with van der Waals surface area (Å²) in [6.07, 6.45) is 1.66. The van der Waals surface area contributed by atoms with Gasteiger partial charge in [0.15, 0.2) is 0 Å². The van der Waals surface area contributed by atoms with E-state index in [4.69, 9.17) is 9.47 Å². The molecule has 1 N–H and O–H groups in total. The first-order chi connectivity index (χ1) is 9.67. The fraction of sp³-hybridized carbons (Fsp3) is 0.600. The van der Waals surface area contributed by atoms with Crippen LogP contribution in [0.2, 0.25) is 0 Å². The van der Waals surface area contributed by atoms with Gasteiger partial charge in [-0.25, -0.2) is 4.39 Å². The van der Waals surface area contributed by atoms with Crippen LogP contribution >= 0.6 is 15.9 Å². The summed E-state index contributed by atoms with van der Waals surface area (Å²) in [7, 11) is 1.65. The summed E-state index contributed by atoms with van der Waals surface area (Å²) in [5.74, 6) is -0.181. The summed E-state index contributed by atoms with van der Waals surface area (Å²) < 4.78 is 25.1. The minimum atomic E-state index is -0.181. The Morgan fingerprint density at radius 2 is 2.15 bits per heavy atom. The van der Waals surface area contributed by atoms with Crippen molar-refractivity contribution in [2.75, 3.05) is 33.5 Å². The van der Waals surface area contributed by atoms with Crippen LogP contribution in [0.25, 0.3) is 0 Å². The van der Waals surface area contributed by atoms with Crippen LogP contribution in [0, 0.1) is 5.82 Å². The number of methoxy groups -OCH3 is 1. The van der Waals surface area contributed by atoms with Crippen LogP contribution in [-0.4, -0.2) is 39.5 Å². The third-order valence-corrected chi connectivity index (χ3v) is 3.41. The highest BCUT2D eigenvalue weighted by atomic mass is 79.9. The molecule has 0 saturated carbocycles. The fourth-order valence-corrected chi connectivity index (χ4v) is 2.19. The van der Waals surface area contributed by atoms with Gasteiger partial charge in [0, 0.05) is 17.6 Å². The standard InChI is InChI=1S/C15H23BrFNO2/c1-3-6-18-14(11-20-8-7-19-2)9-12-4-5-13(16)10-15(12)17/h4-5,10,14,18H,3,6-9,11H2,1-2H3. The van der Waals surface area contributed by atoms with E-state index >= 15 is 0 Å². The van der Waals surface area contributed by atoms with Gasteiger partial charge in [0.2, 0.25) is 0 Å². The SMILES string of the molecule is CCCNC(COCCOC)Cc1ccc(Br)cc1F. The van der Waals surface area contributed by atoms with Crippen molar-refractivity contribution in [2.45, 2.75) is 25.8 Å². The summed E-state index contributed by atoms with van der Waals surface area (Å²) in [5.41, 5.74) is 0.706. The predicted molar refractivity (Wildman–Crippen MR) is 82.6 cm³/mol. The van der Waals surface area contributed by atoms with Crippen molar-refractivity contribution in [2.24, 2.45) is 0 Å². The largest absolute Gasteiger partial charge is 0.382 e. The minimum Gasteiger partial charge on any atom is -0.382 e. The van der Waals surface area contributed by atoms with Crippen LogP contribution in [0.1, 0.15) is 18.9 Å². The first kappa shape index (κ1) is 17.6. The highest BCUT2D eigenvalue weighted by Crippen LogP contribution is 2.16. The molecule has 5 heteroatoms. The van der Waals surface area contributed by atoms with Crippen LogP contribution < -0.4 is 5.32 Å². The van der Waals surface area contributed by atoms with Crippen LogP contribution in [-0.2, 0) is 15.9 Å². The van der Waals surface area contributed by atoms with Gasteiger partial charge in [0.25, 0.3) is 0 Å². The van der Waals surface area contributed by atoms with Crippen molar-refractivity contribution in [3.05, 3.63) is 34.1 Å². The third-order valence-electron chi connectivity index (χ3n) is 2.92. The zero-order chi connectivity index (χ0) is 14.8. The smallest absolute Gasteiger partial charge is 0.127 e. The second-order valence-electron chi connectivity index (χ2n) is 4.66. The summed E-state index contributed by atoms with van der Waals surface area (Å²) in [4.78, 5) is 0. The van der Waals surface area contributed by atoms with E-state index in [-0.39, 0.29) is 11.9 Å². The molecule has 1 aromatic rings. The molecule has 114 valence electrons. The second kappa shape index (κ2) is 10.3. The van der Waals surface area contributed by atoms with Gasteiger partial charge in [0.1, 0.15) is 5.82 Å². The Labute approximate surface area is 129 Å². The third kappa shape index (κ3) is 6.79. The Kier molecular flexibility index (Phi) is 9.02. The first-order valence-electron chi connectivity index (χ1n) is 6.91. The summed E-state index contributed by atoms with van der Waals surface area (Å²) in [6.45, 7) is 4.70. The molecule has 20 heavy (non-hydrogen) atoms. The second-order valence-corrected chi connectivity index (χ2v) is 5.57. The molecule has 0 amide bonds. The van der Waals surface area contributed by atoms with Gasteiger partial charge in [-0.2, -0.15) is 0 Å². The molecule has 0 fully saturated rings. The molecule has 1 unspecified atom stereocenters. The van der Waals surface area contributed by atoms with E-state index < -0.39 is 0 Å². The molecule has 0 saturated heterocycles. The van der Waals surface area contributed by atoms with Gasteiger partial charge in [-0.15, -0.1) is 0 Å². The monoisotopic (exact) mass is 347 g/mol. The zero-order valence-corrected chi connectivity index (χ0v) is 13.7. The lowest BCUT2D eigenvalue weighted by Crippen LogP contribution is -2.36. The first-order valence-corrected chi connectivity index (χ1v) is 7.70. The van der Waals surface area contributed by atoms with Crippen molar-refractivity contribution in [1.82, 2.24) is 5.32 Å². The number of hydrogen-bond donors (Lipinski definition) is 1. The Morgan fingerprint density at radius 1 is 1.35 bits per heavy atom. The molecule has 3 nitrogen and oxygen atoms in total. The fourth-order valence-electron chi connectivity index (χ4n) is 1.86. The molecular weight excluding hydrogens is 325 g/mol. The summed E-state index contributed by atoms with van der Waals surface area (Å²) in [6, 6.07) is 5.29. The van der Waals surface area contributed by atoms with Crippen LogP contribution in [0.5, 0.6) is 0 Å². The number of halogens is 2. The lowest BCUT2D eigenvalue weighted by Gasteiger charge is -2.19. The lowest BCUT2D eigenvalue weighted by atomic mass is 10.1. The molecule has 1 rings (SSSR count). The molecule has 0 spiro atoms. The highest BCUT2D eigenvalue weighted by molar-refractivity contribution is 9.10. The van der Waals surface area contributed by atoms with E-state index in [1.807, 2.05) is 12.1 Å². The molecule has 1 aromatic carbocycles. The average Bonchev–Trinajstić information content (AvgIpc) is 2.43. The Balaban J connectivity index is 2.53. The van der Waals surface area contributed by atoms with Gasteiger partial charge >= 0.3 is 0 Å². The van der Waals surface area contributed by atoms with Crippen molar-refractivity contribution >= 4 is 15.9 Å². The zero-order valence-electron chi connectivity index (χ0n) is 12.1. The van der Waals surface area contributed by atoms with E-state index in [1.165, 1.54) is 6.07 Å². The van der Waals surface area contributed by atoms with Gasteiger partial charge in [-0.3, -0.25) is 0 Å². The molecule has 1 atom stereocenters. The maximum absolute atomic E-state index is 13.9. The van der Waals surface area contributed by atoms with Crippen LogP contribution in [0.3, 0.4) is 0 Å². The summed E-state index contributed by atoms with van der Waals surface area (Å²) >= 11 is 3.27. The van der Waals surface area contributed by atoms with Crippen molar-refractivity contribution in [1.29, 1.82) is 0 Å². The Morgan fingerprint density at radius 3 is 2.80 bits per heavy atom. The van der Waals surface area contributed by atoms with E-state index in [9.17, 15) is 4.39 Å². The predicted octanol–water partition coefficient (Wildman–Crippen LogP) is 3.16. The number of nitrogens with one attached hydrogen (secondary N) is 1. The van der Waals surface area contributed by atoms with Gasteiger partial charge in [-0.05, 0) is 37.1 Å². The molecule has 0 bridgehead atoms. The number of rotatable bonds is 10. The molecule has 0 aromatic heterocycles. The molecule has 0 aliphatic rings. The van der Waals surface area contributed by atoms with Gasteiger partial charge in [0.05, 0.1) is 19.8 Å². The Bertz CT molecular complexity index is 390. The van der Waals surface area contributed by atoms with Crippen molar-refractivity contribution in [3.63, 3.8) is 0 Å². The van der Waals surface area contributed by atoms with E-state index in [0.29, 0.717) is 31.8 Å². The molecule has 0 aliphatic heterocycles. The Hall–Kier alpha value is -0.490. The van der Waals surface area contributed by atoms with Crippen LogP contribution in [0.15, 0.2) is 22.7 Å². The normalized spacial score (nSPS) is 12.6. The highest BCUT2D eigenvalue weighted by Gasteiger charge is 2.12. The van der Waals surface area contributed by atoms with Gasteiger partial charge in [-0.1, -0.05) is 28.9 Å². The quantitative estimate of drug-likeness (QED) is 0.659. The number of benzene rings is 1. The molecule has 0 heterocycles. The molecular formula is C15H23BrFNO2. The van der Waals surface area contributed by atoms with Crippen LogP contribution in [0.4, 0.5) is 4.39 Å². The van der Waals surface area contributed by atoms with E-state index in [2.05, 4.69) is 28.2 Å². The topological polar surface area (TPSA) is 30.5 Å². The molecule has 0 aliphatic carbocycles. The van der Waals surface area contributed by atoms with Gasteiger partial charge < -0.3 is 14.8 Å². The number of ether oxygens (including phenoxy) is 2. The number of hydrogen-bond acceptors (Lipinski definition) is 3. The minimum absolute atomic E-state index is 0.113.